The molecule has 2 heterocycles. The van der Waals surface area contributed by atoms with Gasteiger partial charge in [-0.05, 0) is 72.8 Å². The Balaban J connectivity index is 0.00000167. The highest BCUT2D eigenvalue weighted by Gasteiger charge is 2.09. The number of aliphatic hydroxyl groups excluding tert-OH is 1. The van der Waals surface area contributed by atoms with E-state index in [9.17, 15) is 14.0 Å². The number of ether oxygens (including phenoxy) is 1. The van der Waals surface area contributed by atoms with Crippen molar-refractivity contribution in [1.29, 1.82) is 0 Å². The minimum absolute atomic E-state index is 0.192. The predicted octanol–water partition coefficient (Wildman–Crippen LogP) is 4.05. The number of halogens is 1. The van der Waals surface area contributed by atoms with Crippen molar-refractivity contribution in [3.8, 4) is 22.8 Å². The second-order valence-electron chi connectivity index (χ2n) is 6.96. The number of carbonyl (C=O) groups is 2. The normalized spacial score (nSPS) is 9.91. The van der Waals surface area contributed by atoms with Gasteiger partial charge in [-0.25, -0.2) is 9.37 Å². The maximum Gasteiger partial charge on any atom is 0.251 e. The highest BCUT2D eigenvalue weighted by Crippen LogP contribution is 2.25. The van der Waals surface area contributed by atoms with Gasteiger partial charge in [0.25, 0.3) is 5.91 Å². The van der Waals surface area contributed by atoms with Crippen LogP contribution in [0.4, 0.5) is 10.2 Å². The summed E-state index contributed by atoms with van der Waals surface area (Å²) in [5.74, 6) is 0.402. The molecule has 9 heteroatoms. The van der Waals surface area contributed by atoms with E-state index in [0.717, 1.165) is 12.7 Å². The Kier molecular flexibility index (Phi) is 8.98. The zero-order valence-electron chi connectivity index (χ0n) is 18.8. The summed E-state index contributed by atoms with van der Waals surface area (Å²) in [4.78, 5) is 32.6. The van der Waals surface area contributed by atoms with Gasteiger partial charge in [0.05, 0.1) is 12.2 Å². The first-order chi connectivity index (χ1) is 17.1. The van der Waals surface area contributed by atoms with Crippen molar-refractivity contribution in [3.63, 3.8) is 0 Å². The molecule has 2 aromatic carbocycles. The summed E-state index contributed by atoms with van der Waals surface area (Å²) < 4.78 is 18.7. The van der Waals surface area contributed by atoms with Crippen molar-refractivity contribution < 1.29 is 23.8 Å². The Bertz CT molecular complexity index is 1250. The maximum absolute atomic E-state index is 13.0. The Morgan fingerprint density at radius 3 is 2.17 bits per heavy atom. The lowest BCUT2D eigenvalue weighted by molar-refractivity contribution is -0.115. The van der Waals surface area contributed by atoms with E-state index in [1.54, 1.807) is 48.5 Å². The second-order valence-corrected chi connectivity index (χ2v) is 6.96. The molecule has 4 rings (SSSR count). The molecule has 0 unspecified atom stereocenters. The van der Waals surface area contributed by atoms with Crippen LogP contribution in [0.5, 0.6) is 11.5 Å². The fourth-order valence-corrected chi connectivity index (χ4v) is 2.95. The summed E-state index contributed by atoms with van der Waals surface area (Å²) in [5, 5.41) is 12.2. The number of anilines is 1. The van der Waals surface area contributed by atoms with E-state index >= 15 is 0 Å². The number of hydrogen-bond acceptors (Lipinski definition) is 6. The number of nitrogens with zero attached hydrogens (tertiary/aromatic N) is 2. The fraction of sp³-hybridized carbons (Fsp3) is 0.0769. The summed E-state index contributed by atoms with van der Waals surface area (Å²) in [7, 11) is 1.00. The molecule has 3 N–H and O–H groups in total. The molecule has 35 heavy (non-hydrogen) atoms. The zero-order chi connectivity index (χ0) is 25.0. The molecule has 0 saturated carbocycles. The molecule has 4 aromatic rings. The van der Waals surface area contributed by atoms with Gasteiger partial charge in [0.2, 0.25) is 5.91 Å². The van der Waals surface area contributed by atoms with Gasteiger partial charge >= 0.3 is 0 Å². The third-order valence-corrected chi connectivity index (χ3v) is 4.57. The van der Waals surface area contributed by atoms with E-state index in [1.807, 2.05) is 18.2 Å². The Labute approximate surface area is 201 Å². The summed E-state index contributed by atoms with van der Waals surface area (Å²) >= 11 is 0. The first kappa shape index (κ1) is 25.0. The van der Waals surface area contributed by atoms with Crippen LogP contribution < -0.4 is 15.4 Å². The molecule has 178 valence electrons. The molecule has 8 nitrogen and oxygen atoms in total. The lowest BCUT2D eigenvalue weighted by Gasteiger charge is -2.09. The molecule has 0 atom stereocenters. The maximum atomic E-state index is 13.0. The van der Waals surface area contributed by atoms with Crippen molar-refractivity contribution in [2.45, 2.75) is 0 Å². The van der Waals surface area contributed by atoms with Gasteiger partial charge in [-0.3, -0.25) is 14.6 Å². The molecule has 2 aromatic heterocycles. The smallest absolute Gasteiger partial charge is 0.251 e. The van der Waals surface area contributed by atoms with Crippen LogP contribution >= 0.6 is 0 Å². The summed E-state index contributed by atoms with van der Waals surface area (Å²) in [6, 6.07) is 21.4. The molecule has 0 aliphatic carbocycles. The van der Waals surface area contributed by atoms with Crippen LogP contribution in [0.15, 0.2) is 91.3 Å². The Hall–Kier alpha value is -4.63. The van der Waals surface area contributed by atoms with Crippen molar-refractivity contribution in [2.75, 3.05) is 19.0 Å². The first-order valence-electron chi connectivity index (χ1n) is 10.5. The van der Waals surface area contributed by atoms with Crippen LogP contribution in [0, 0.1) is 5.82 Å². The molecular formula is C26H23FN4O4. The van der Waals surface area contributed by atoms with Crippen LogP contribution in [-0.2, 0) is 4.79 Å². The van der Waals surface area contributed by atoms with Gasteiger partial charge in [0, 0.05) is 30.6 Å². The zero-order valence-corrected chi connectivity index (χ0v) is 18.8. The van der Waals surface area contributed by atoms with Crippen molar-refractivity contribution >= 4 is 17.6 Å². The van der Waals surface area contributed by atoms with E-state index in [1.165, 1.54) is 24.5 Å². The van der Waals surface area contributed by atoms with Crippen molar-refractivity contribution in [2.24, 2.45) is 0 Å². The molecule has 0 aliphatic heterocycles. The lowest BCUT2D eigenvalue weighted by Crippen LogP contribution is -2.33. The average Bonchev–Trinajstić information content (AvgIpc) is 2.91. The van der Waals surface area contributed by atoms with Crippen LogP contribution in [0.2, 0.25) is 0 Å². The van der Waals surface area contributed by atoms with Crippen LogP contribution in [0.1, 0.15) is 10.4 Å². The van der Waals surface area contributed by atoms with Crippen LogP contribution in [0.25, 0.3) is 11.3 Å². The van der Waals surface area contributed by atoms with Crippen molar-refractivity contribution in [1.82, 2.24) is 15.3 Å². The number of amides is 2. The number of hydrogen-bond donors (Lipinski definition) is 3. The second kappa shape index (κ2) is 12.6. The highest BCUT2D eigenvalue weighted by molar-refractivity contribution is 5.99. The van der Waals surface area contributed by atoms with Gasteiger partial charge in [-0.15, -0.1) is 0 Å². The SMILES string of the molecule is CO.O=C(CNC(=O)c1ccncc1)Nc1cccc(-c2ccc(Oc3ccc(F)cc3)cc2)n1. The molecule has 0 saturated heterocycles. The molecule has 0 spiro atoms. The minimum Gasteiger partial charge on any atom is -0.457 e. The van der Waals surface area contributed by atoms with Crippen molar-refractivity contribution in [3.05, 3.63) is 103 Å². The topological polar surface area (TPSA) is 113 Å². The van der Waals surface area contributed by atoms with E-state index in [0.29, 0.717) is 28.6 Å². The number of pyridine rings is 2. The number of aromatic nitrogens is 2. The highest BCUT2D eigenvalue weighted by atomic mass is 19.1. The lowest BCUT2D eigenvalue weighted by atomic mass is 10.1. The Morgan fingerprint density at radius 2 is 1.51 bits per heavy atom. The standard InChI is InChI=1S/C25H19FN4O3.CH4O/c26-19-6-10-21(11-7-19)33-20-8-4-17(5-9-20)22-2-1-3-23(29-22)30-24(31)16-28-25(32)18-12-14-27-15-13-18;1-2/h1-15H,16H2,(H,28,32)(H,29,30,31);2H,1H3. The average molecular weight is 474 g/mol. The quantitative estimate of drug-likeness (QED) is 0.372. The predicted molar refractivity (Wildman–Crippen MR) is 129 cm³/mol. The van der Waals surface area contributed by atoms with Crippen LogP contribution in [0.3, 0.4) is 0 Å². The largest absolute Gasteiger partial charge is 0.457 e. The molecule has 2 amide bonds. The number of benzene rings is 2. The fourth-order valence-electron chi connectivity index (χ4n) is 2.95. The summed E-state index contributed by atoms with van der Waals surface area (Å²) in [5.41, 5.74) is 1.90. The molecule has 0 aliphatic rings. The molecule has 0 radical (unpaired) electrons. The number of rotatable bonds is 7. The van der Waals surface area contributed by atoms with E-state index in [-0.39, 0.29) is 18.3 Å². The van der Waals surface area contributed by atoms with Gasteiger partial charge < -0.3 is 20.5 Å². The number of nitrogens with one attached hydrogen (secondary N) is 2. The first-order valence-corrected chi connectivity index (χ1v) is 10.5. The third-order valence-electron chi connectivity index (χ3n) is 4.57. The van der Waals surface area contributed by atoms with Gasteiger partial charge in [0.15, 0.2) is 0 Å². The summed E-state index contributed by atoms with van der Waals surface area (Å²) in [6.45, 7) is -0.192. The van der Waals surface area contributed by atoms with Gasteiger partial charge in [-0.1, -0.05) is 6.07 Å². The minimum atomic E-state index is -0.398. The molecule has 0 bridgehead atoms. The summed E-state index contributed by atoms with van der Waals surface area (Å²) in [6.07, 6.45) is 3.01. The molecule has 0 fully saturated rings. The van der Waals surface area contributed by atoms with Gasteiger partial charge in [-0.2, -0.15) is 0 Å². The third kappa shape index (κ3) is 7.44. The van der Waals surface area contributed by atoms with Crippen LogP contribution in [-0.4, -0.2) is 40.5 Å². The van der Waals surface area contributed by atoms with E-state index < -0.39 is 5.91 Å². The number of aliphatic hydroxyl groups is 1. The van der Waals surface area contributed by atoms with E-state index in [2.05, 4.69) is 20.6 Å². The monoisotopic (exact) mass is 474 g/mol. The Morgan fingerprint density at radius 1 is 0.886 bits per heavy atom. The molecular weight excluding hydrogens is 451 g/mol. The number of carbonyl (C=O) groups excluding carboxylic acids is 2. The van der Waals surface area contributed by atoms with E-state index in [4.69, 9.17) is 9.84 Å². The van der Waals surface area contributed by atoms with Gasteiger partial charge in [0.1, 0.15) is 23.1 Å².